The third-order valence-corrected chi connectivity index (χ3v) is 6.16. The molecular weight excluding hydrogens is 655 g/mol. The minimum absolute atomic E-state index is 0.811. The first-order chi connectivity index (χ1) is 21.7. The summed E-state index contributed by atoms with van der Waals surface area (Å²) in [6, 6.07) is 0. The zero-order valence-electron chi connectivity index (χ0n) is 25.8. The molecule has 2 N–H and O–H groups in total. The molecule has 1 amide bonds. The maximum absolute atomic E-state index is 12.9. The standard InChI is InChI=1S/C26H34F3NO17/c1-9(31)40-17-15(7-30-25(38)26(27,28)29)47-24(22(45-14(6)36)20(17)43-12(4)34)39-8-16-18(41-10(2)32)19(42-11(3)33)21(23(37)46-16)44-13(5)35/h15-24,37H,7-8H2,1-6H3,(H,30,38)/t15-,16-,17-,18-,19+,20+,21-,22-,23+,24-/m1/s1. The van der Waals surface area contributed by atoms with Crippen LogP contribution in [0.1, 0.15) is 41.5 Å². The van der Waals surface area contributed by atoms with Crippen molar-refractivity contribution in [3.05, 3.63) is 0 Å². The van der Waals surface area contributed by atoms with E-state index in [1.165, 1.54) is 0 Å². The summed E-state index contributed by atoms with van der Waals surface area (Å²) in [7, 11) is 0. The van der Waals surface area contributed by atoms with Crippen molar-refractivity contribution in [3.63, 3.8) is 0 Å². The average Bonchev–Trinajstić information content (AvgIpc) is 2.90. The Morgan fingerprint density at radius 1 is 0.596 bits per heavy atom. The second kappa shape index (κ2) is 16.7. The second-order valence-corrected chi connectivity index (χ2v) is 10.1. The summed E-state index contributed by atoms with van der Waals surface area (Å²) in [6.45, 7) is 3.83. The molecule has 0 saturated carbocycles. The van der Waals surface area contributed by atoms with Crippen LogP contribution in [0.3, 0.4) is 0 Å². The van der Waals surface area contributed by atoms with E-state index in [4.69, 9.17) is 42.6 Å². The zero-order valence-corrected chi connectivity index (χ0v) is 25.8. The molecule has 266 valence electrons. The lowest BCUT2D eigenvalue weighted by molar-refractivity contribution is -0.327. The SMILES string of the molecule is CC(=O)O[C@@H]1[C@@H](OC(C)=O)[C@@H](O)O[C@H](CO[C@@H]2O[C@H](CNC(=O)C(F)(F)F)[C@@H](OC(C)=O)[C@H](OC(C)=O)[C@H]2OC(C)=O)[C@H]1OC(C)=O. The molecule has 0 unspecified atom stereocenters. The highest BCUT2D eigenvalue weighted by atomic mass is 19.4. The second-order valence-electron chi connectivity index (χ2n) is 10.1. The summed E-state index contributed by atoms with van der Waals surface area (Å²) in [5.41, 5.74) is 0. The summed E-state index contributed by atoms with van der Waals surface area (Å²) >= 11 is 0. The van der Waals surface area contributed by atoms with E-state index >= 15 is 0 Å². The summed E-state index contributed by atoms with van der Waals surface area (Å²) < 4.78 is 86.5. The Hall–Kier alpha value is -4.08. The summed E-state index contributed by atoms with van der Waals surface area (Å²) in [4.78, 5) is 83.0. The van der Waals surface area contributed by atoms with Crippen molar-refractivity contribution in [1.29, 1.82) is 0 Å². The maximum atomic E-state index is 12.9. The van der Waals surface area contributed by atoms with Gasteiger partial charge in [-0.05, 0) is 0 Å². The van der Waals surface area contributed by atoms with Crippen LogP contribution in [0.15, 0.2) is 0 Å². The van der Waals surface area contributed by atoms with E-state index in [1.807, 2.05) is 0 Å². The summed E-state index contributed by atoms with van der Waals surface area (Å²) in [5.74, 6) is -8.32. The summed E-state index contributed by atoms with van der Waals surface area (Å²) in [5, 5.41) is 12.1. The number of aliphatic hydroxyl groups is 1. The first kappa shape index (κ1) is 39.1. The van der Waals surface area contributed by atoms with E-state index in [2.05, 4.69) is 0 Å². The molecule has 10 atom stereocenters. The zero-order chi connectivity index (χ0) is 35.8. The molecule has 21 heteroatoms. The van der Waals surface area contributed by atoms with Crippen LogP contribution in [0.2, 0.25) is 0 Å². The third kappa shape index (κ3) is 11.6. The molecule has 0 aromatic rings. The van der Waals surface area contributed by atoms with Crippen LogP contribution in [0.5, 0.6) is 0 Å². The lowest BCUT2D eigenvalue weighted by Gasteiger charge is -2.46. The molecular formula is C26H34F3NO17. The number of esters is 6. The normalized spacial score (nSPS) is 30.6. The van der Waals surface area contributed by atoms with Crippen LogP contribution >= 0.6 is 0 Å². The van der Waals surface area contributed by atoms with E-state index in [0.29, 0.717) is 0 Å². The molecule has 0 aliphatic carbocycles. The fourth-order valence-corrected chi connectivity index (χ4v) is 4.64. The number of alkyl halides is 3. The van der Waals surface area contributed by atoms with Crippen LogP contribution in [-0.2, 0) is 76.2 Å². The number of carbonyl (C=O) groups is 7. The molecule has 2 heterocycles. The quantitative estimate of drug-likeness (QED) is 0.190. The fraction of sp³-hybridized carbons (Fsp3) is 0.731. The number of hydrogen-bond donors (Lipinski definition) is 2. The first-order valence-electron chi connectivity index (χ1n) is 13.7. The minimum atomic E-state index is -5.33. The van der Waals surface area contributed by atoms with Gasteiger partial charge in [-0.15, -0.1) is 0 Å². The Morgan fingerprint density at radius 2 is 0.979 bits per heavy atom. The minimum Gasteiger partial charge on any atom is -0.456 e. The molecule has 0 bridgehead atoms. The van der Waals surface area contributed by atoms with Gasteiger partial charge >= 0.3 is 47.9 Å². The molecule has 18 nitrogen and oxygen atoms in total. The molecule has 2 fully saturated rings. The molecule has 0 aromatic heterocycles. The third-order valence-electron chi connectivity index (χ3n) is 6.16. The van der Waals surface area contributed by atoms with Crippen molar-refractivity contribution in [2.24, 2.45) is 0 Å². The van der Waals surface area contributed by atoms with Gasteiger partial charge in [0.05, 0.1) is 6.61 Å². The number of ether oxygens (including phenoxy) is 9. The number of halogens is 3. The van der Waals surface area contributed by atoms with Crippen molar-refractivity contribution < 1.29 is 94.5 Å². The van der Waals surface area contributed by atoms with Crippen LogP contribution in [0, 0.1) is 0 Å². The van der Waals surface area contributed by atoms with Crippen molar-refractivity contribution >= 4 is 41.7 Å². The highest BCUT2D eigenvalue weighted by molar-refractivity contribution is 5.81. The highest BCUT2D eigenvalue weighted by Crippen LogP contribution is 2.32. The van der Waals surface area contributed by atoms with Gasteiger partial charge in [-0.1, -0.05) is 0 Å². The Balaban J connectivity index is 2.51. The van der Waals surface area contributed by atoms with Gasteiger partial charge < -0.3 is 53.1 Å². The maximum Gasteiger partial charge on any atom is 0.471 e. The Labute approximate surface area is 264 Å². The van der Waals surface area contributed by atoms with E-state index in [1.54, 1.807) is 5.32 Å². The van der Waals surface area contributed by atoms with Gasteiger partial charge in [0.15, 0.2) is 49.2 Å². The van der Waals surface area contributed by atoms with E-state index in [-0.39, 0.29) is 0 Å². The number of nitrogens with one attached hydrogen (secondary N) is 1. The van der Waals surface area contributed by atoms with Crippen LogP contribution in [0.4, 0.5) is 13.2 Å². The van der Waals surface area contributed by atoms with E-state index < -0.39 is 122 Å². The molecule has 0 aromatic carbocycles. The van der Waals surface area contributed by atoms with Crippen molar-refractivity contribution in [2.45, 2.75) is 109 Å². The number of hydrogen-bond acceptors (Lipinski definition) is 17. The van der Waals surface area contributed by atoms with Crippen molar-refractivity contribution in [1.82, 2.24) is 5.32 Å². The van der Waals surface area contributed by atoms with Gasteiger partial charge in [-0.25, -0.2) is 0 Å². The lowest BCUT2D eigenvalue weighted by Crippen LogP contribution is -2.65. The largest absolute Gasteiger partial charge is 0.471 e. The molecule has 0 spiro atoms. The van der Waals surface area contributed by atoms with Gasteiger partial charge in [-0.2, -0.15) is 13.2 Å². The Kier molecular flexibility index (Phi) is 13.9. The fourth-order valence-electron chi connectivity index (χ4n) is 4.64. The highest BCUT2D eigenvalue weighted by Gasteiger charge is 2.55. The van der Waals surface area contributed by atoms with Gasteiger partial charge in [0.1, 0.15) is 12.2 Å². The van der Waals surface area contributed by atoms with Gasteiger partial charge in [0.25, 0.3) is 0 Å². The lowest BCUT2D eigenvalue weighted by atomic mass is 9.97. The number of amides is 1. The monoisotopic (exact) mass is 689 g/mol. The molecule has 2 rings (SSSR count). The van der Waals surface area contributed by atoms with Crippen molar-refractivity contribution in [3.8, 4) is 0 Å². The summed E-state index contributed by atoms with van der Waals surface area (Å²) in [6.07, 6.45) is -22.9. The molecule has 2 saturated heterocycles. The van der Waals surface area contributed by atoms with Crippen LogP contribution < -0.4 is 5.32 Å². The average molecular weight is 690 g/mol. The first-order valence-corrected chi connectivity index (χ1v) is 13.7. The van der Waals surface area contributed by atoms with Crippen LogP contribution in [0.25, 0.3) is 0 Å². The van der Waals surface area contributed by atoms with Crippen LogP contribution in [-0.4, -0.2) is 128 Å². The Bertz CT molecular complexity index is 1200. The molecule has 2 aliphatic rings. The molecule has 0 radical (unpaired) electrons. The smallest absolute Gasteiger partial charge is 0.456 e. The van der Waals surface area contributed by atoms with E-state index in [9.17, 15) is 51.8 Å². The van der Waals surface area contributed by atoms with E-state index in [0.717, 1.165) is 41.5 Å². The number of aliphatic hydroxyl groups excluding tert-OH is 1. The predicted octanol–water partition coefficient (Wildman–Crippen LogP) is -1.29. The van der Waals surface area contributed by atoms with Gasteiger partial charge in [0.2, 0.25) is 0 Å². The molecule has 47 heavy (non-hydrogen) atoms. The topological polar surface area (TPSA) is 235 Å². The number of carbonyl (C=O) groups excluding carboxylic acids is 7. The van der Waals surface area contributed by atoms with Gasteiger partial charge in [0, 0.05) is 48.1 Å². The number of rotatable bonds is 11. The Morgan fingerprint density at radius 3 is 1.43 bits per heavy atom. The molecule has 2 aliphatic heterocycles. The van der Waals surface area contributed by atoms with Gasteiger partial charge in [-0.3, -0.25) is 33.6 Å². The predicted molar refractivity (Wildman–Crippen MR) is 138 cm³/mol. The van der Waals surface area contributed by atoms with Crippen molar-refractivity contribution in [2.75, 3.05) is 13.2 Å².